The fourth-order valence-electron chi connectivity index (χ4n) is 2.16. The summed E-state index contributed by atoms with van der Waals surface area (Å²) in [6.07, 6.45) is 3.75. The molecule has 0 radical (unpaired) electrons. The van der Waals surface area contributed by atoms with Crippen LogP contribution in [0.25, 0.3) is 0 Å². The Bertz CT molecular complexity index is 245. The SMILES string of the molecule is CC(CN)C(=O)NCC1(C)CCCCC1O. The van der Waals surface area contributed by atoms with E-state index in [1.54, 1.807) is 0 Å². The van der Waals surface area contributed by atoms with Gasteiger partial charge in [-0.25, -0.2) is 0 Å². The van der Waals surface area contributed by atoms with Gasteiger partial charge in [-0.1, -0.05) is 26.7 Å². The summed E-state index contributed by atoms with van der Waals surface area (Å²) in [6.45, 7) is 4.78. The molecule has 0 aromatic heterocycles. The second-order valence-electron chi connectivity index (χ2n) is 5.27. The zero-order valence-electron chi connectivity index (χ0n) is 10.3. The first kappa shape index (κ1) is 13.5. The fourth-order valence-corrected chi connectivity index (χ4v) is 2.16. The summed E-state index contributed by atoms with van der Waals surface area (Å²) in [5, 5.41) is 12.9. The molecule has 0 aromatic rings. The van der Waals surface area contributed by atoms with E-state index >= 15 is 0 Å². The van der Waals surface area contributed by atoms with E-state index in [0.717, 1.165) is 25.7 Å². The van der Waals surface area contributed by atoms with E-state index < -0.39 is 0 Å². The molecule has 0 heterocycles. The topological polar surface area (TPSA) is 75.4 Å². The molecule has 1 fully saturated rings. The summed E-state index contributed by atoms with van der Waals surface area (Å²) in [5.74, 6) is -0.161. The molecule has 16 heavy (non-hydrogen) atoms. The molecule has 1 aliphatic carbocycles. The van der Waals surface area contributed by atoms with Crippen LogP contribution in [-0.4, -0.2) is 30.2 Å². The third-order valence-corrected chi connectivity index (χ3v) is 3.75. The van der Waals surface area contributed by atoms with E-state index in [4.69, 9.17) is 5.73 Å². The molecule has 0 saturated heterocycles. The van der Waals surface area contributed by atoms with E-state index in [1.165, 1.54) is 0 Å². The summed E-state index contributed by atoms with van der Waals surface area (Å²) in [6, 6.07) is 0. The highest BCUT2D eigenvalue weighted by atomic mass is 16.3. The molecule has 1 amide bonds. The van der Waals surface area contributed by atoms with Crippen molar-refractivity contribution in [1.82, 2.24) is 5.32 Å². The van der Waals surface area contributed by atoms with Crippen LogP contribution in [0.2, 0.25) is 0 Å². The van der Waals surface area contributed by atoms with Crippen molar-refractivity contribution in [2.75, 3.05) is 13.1 Å². The van der Waals surface area contributed by atoms with Gasteiger partial charge in [0.25, 0.3) is 0 Å². The molecular formula is C12H24N2O2. The molecule has 0 bridgehead atoms. The number of hydrogen-bond acceptors (Lipinski definition) is 3. The molecule has 4 heteroatoms. The maximum Gasteiger partial charge on any atom is 0.224 e. The van der Waals surface area contributed by atoms with Gasteiger partial charge < -0.3 is 16.2 Å². The third-order valence-electron chi connectivity index (χ3n) is 3.75. The number of rotatable bonds is 4. The highest BCUT2D eigenvalue weighted by molar-refractivity contribution is 5.78. The number of nitrogens with one attached hydrogen (secondary N) is 1. The first-order valence-corrected chi connectivity index (χ1v) is 6.15. The average Bonchev–Trinajstić information content (AvgIpc) is 2.29. The van der Waals surface area contributed by atoms with Crippen LogP contribution in [0.5, 0.6) is 0 Å². The molecule has 3 unspecified atom stereocenters. The third kappa shape index (κ3) is 3.19. The minimum Gasteiger partial charge on any atom is -0.392 e. The Morgan fingerprint density at radius 1 is 1.62 bits per heavy atom. The highest BCUT2D eigenvalue weighted by Gasteiger charge is 2.35. The number of carbonyl (C=O) groups excluding carboxylic acids is 1. The molecule has 0 aromatic carbocycles. The Kier molecular flexibility index (Phi) is 4.74. The van der Waals surface area contributed by atoms with Gasteiger partial charge in [0, 0.05) is 24.4 Å². The van der Waals surface area contributed by atoms with Crippen molar-refractivity contribution in [2.24, 2.45) is 17.1 Å². The fraction of sp³-hybridized carbons (Fsp3) is 0.917. The van der Waals surface area contributed by atoms with Crippen molar-refractivity contribution in [2.45, 2.75) is 45.6 Å². The van der Waals surface area contributed by atoms with Gasteiger partial charge in [0.15, 0.2) is 0 Å². The molecule has 4 nitrogen and oxygen atoms in total. The number of nitrogens with two attached hydrogens (primary N) is 1. The van der Waals surface area contributed by atoms with Gasteiger partial charge in [-0.05, 0) is 12.8 Å². The van der Waals surface area contributed by atoms with Crippen molar-refractivity contribution in [3.05, 3.63) is 0 Å². The molecule has 1 aliphatic rings. The largest absolute Gasteiger partial charge is 0.392 e. The molecule has 94 valence electrons. The van der Waals surface area contributed by atoms with Crippen LogP contribution in [0.4, 0.5) is 0 Å². The molecule has 1 saturated carbocycles. The number of amides is 1. The van der Waals surface area contributed by atoms with Crippen LogP contribution in [0, 0.1) is 11.3 Å². The maximum atomic E-state index is 11.6. The average molecular weight is 228 g/mol. The van der Waals surface area contributed by atoms with Crippen LogP contribution in [-0.2, 0) is 4.79 Å². The van der Waals surface area contributed by atoms with Gasteiger partial charge in [-0.3, -0.25) is 4.79 Å². The first-order chi connectivity index (χ1) is 7.49. The van der Waals surface area contributed by atoms with Crippen molar-refractivity contribution in [3.8, 4) is 0 Å². The van der Waals surface area contributed by atoms with Crippen LogP contribution < -0.4 is 11.1 Å². The van der Waals surface area contributed by atoms with Crippen molar-refractivity contribution < 1.29 is 9.90 Å². The second kappa shape index (κ2) is 5.64. The smallest absolute Gasteiger partial charge is 0.224 e. The molecule has 0 aliphatic heterocycles. The molecule has 3 atom stereocenters. The molecular weight excluding hydrogens is 204 g/mol. The Labute approximate surface area is 97.6 Å². The predicted molar refractivity (Wildman–Crippen MR) is 63.8 cm³/mol. The van der Waals surface area contributed by atoms with Crippen molar-refractivity contribution in [3.63, 3.8) is 0 Å². The van der Waals surface area contributed by atoms with Gasteiger partial charge in [0.05, 0.1) is 6.10 Å². The van der Waals surface area contributed by atoms with Crippen LogP contribution in [0.15, 0.2) is 0 Å². The van der Waals surface area contributed by atoms with Crippen LogP contribution in [0.1, 0.15) is 39.5 Å². The maximum absolute atomic E-state index is 11.6. The number of aliphatic hydroxyl groups excluding tert-OH is 1. The van der Waals surface area contributed by atoms with Crippen molar-refractivity contribution in [1.29, 1.82) is 0 Å². The van der Waals surface area contributed by atoms with Gasteiger partial charge in [-0.2, -0.15) is 0 Å². The normalized spacial score (nSPS) is 32.1. The Hall–Kier alpha value is -0.610. The minimum atomic E-state index is -0.297. The van der Waals surface area contributed by atoms with E-state index in [2.05, 4.69) is 5.32 Å². The molecule has 1 rings (SSSR count). The van der Waals surface area contributed by atoms with Gasteiger partial charge in [0.2, 0.25) is 5.91 Å². The lowest BCUT2D eigenvalue weighted by Crippen LogP contribution is -2.46. The Morgan fingerprint density at radius 3 is 2.88 bits per heavy atom. The van der Waals surface area contributed by atoms with Crippen LogP contribution >= 0.6 is 0 Å². The van der Waals surface area contributed by atoms with E-state index in [1.807, 2.05) is 13.8 Å². The summed E-state index contributed by atoms with van der Waals surface area (Å²) < 4.78 is 0. The summed E-state index contributed by atoms with van der Waals surface area (Å²) in [7, 11) is 0. The molecule has 4 N–H and O–H groups in total. The quantitative estimate of drug-likeness (QED) is 0.661. The number of carbonyl (C=O) groups is 1. The van der Waals surface area contributed by atoms with Crippen LogP contribution in [0.3, 0.4) is 0 Å². The summed E-state index contributed by atoms with van der Waals surface area (Å²) in [5.41, 5.74) is 5.27. The Balaban J connectivity index is 2.43. The van der Waals surface area contributed by atoms with Gasteiger partial charge >= 0.3 is 0 Å². The standard InChI is InChI=1S/C12H24N2O2/c1-9(7-13)11(16)14-8-12(2)6-4-3-5-10(12)15/h9-10,15H,3-8,13H2,1-2H3,(H,14,16). The zero-order valence-corrected chi connectivity index (χ0v) is 10.3. The van der Waals surface area contributed by atoms with Crippen molar-refractivity contribution >= 4 is 5.91 Å². The zero-order chi connectivity index (χ0) is 12.2. The van der Waals surface area contributed by atoms with E-state index in [-0.39, 0.29) is 23.3 Å². The lowest BCUT2D eigenvalue weighted by molar-refractivity contribution is -0.125. The van der Waals surface area contributed by atoms with Gasteiger partial charge in [0.1, 0.15) is 0 Å². The molecule has 0 spiro atoms. The lowest BCUT2D eigenvalue weighted by atomic mass is 9.73. The first-order valence-electron chi connectivity index (χ1n) is 6.15. The summed E-state index contributed by atoms with van der Waals surface area (Å²) >= 11 is 0. The monoisotopic (exact) mass is 228 g/mol. The number of aliphatic hydroxyl groups is 1. The van der Waals surface area contributed by atoms with E-state index in [0.29, 0.717) is 13.1 Å². The minimum absolute atomic E-state index is 0.0125. The number of hydrogen-bond donors (Lipinski definition) is 3. The Morgan fingerprint density at radius 2 is 2.31 bits per heavy atom. The highest BCUT2D eigenvalue weighted by Crippen LogP contribution is 2.35. The second-order valence-corrected chi connectivity index (χ2v) is 5.27. The summed E-state index contributed by atoms with van der Waals surface area (Å²) in [4.78, 5) is 11.6. The van der Waals surface area contributed by atoms with E-state index in [9.17, 15) is 9.90 Å². The lowest BCUT2D eigenvalue weighted by Gasteiger charge is -2.38. The van der Waals surface area contributed by atoms with Gasteiger partial charge in [-0.15, -0.1) is 0 Å². The predicted octanol–water partition coefficient (Wildman–Crippen LogP) is 0.639.